The lowest BCUT2D eigenvalue weighted by molar-refractivity contribution is 0.591. The van der Waals surface area contributed by atoms with Crippen LogP contribution in [-0.4, -0.2) is 0 Å². The Balaban J connectivity index is 0.00000168. The molecule has 0 saturated heterocycles. The van der Waals surface area contributed by atoms with E-state index in [-0.39, 0.29) is 0 Å². The number of allylic oxidation sites excluding steroid dienone is 9. The molecule has 0 radical (unpaired) electrons. The van der Waals surface area contributed by atoms with E-state index in [0.29, 0.717) is 17.8 Å². The lowest BCUT2D eigenvalue weighted by Crippen LogP contribution is -2.16. The summed E-state index contributed by atoms with van der Waals surface area (Å²) in [5.41, 5.74) is 14.9. The third-order valence-corrected chi connectivity index (χ3v) is 10.5. The van der Waals surface area contributed by atoms with E-state index >= 15 is 0 Å². The molecule has 0 aromatic heterocycles. The quantitative estimate of drug-likeness (QED) is 0.207. The molecule has 3 aliphatic rings. The molecule has 0 aliphatic heterocycles. The molecule has 0 heterocycles. The summed E-state index contributed by atoms with van der Waals surface area (Å²) >= 11 is 0. The highest BCUT2D eigenvalue weighted by Gasteiger charge is 2.40. The van der Waals surface area contributed by atoms with Crippen LogP contribution in [0.4, 0.5) is 0 Å². The van der Waals surface area contributed by atoms with Crippen molar-refractivity contribution in [3.63, 3.8) is 0 Å². The summed E-state index contributed by atoms with van der Waals surface area (Å²) in [6, 6.07) is 25.3. The molecule has 0 fully saturated rings. The maximum absolute atomic E-state index is 2.49. The molecule has 3 unspecified atom stereocenters. The van der Waals surface area contributed by atoms with E-state index in [9.17, 15) is 0 Å². The smallest absolute Gasteiger partial charge is 0.00953 e. The zero-order valence-electron chi connectivity index (χ0n) is 27.8. The van der Waals surface area contributed by atoms with Gasteiger partial charge in [-0.15, -0.1) is 0 Å². The minimum Gasteiger partial charge on any atom is -0.0842 e. The van der Waals surface area contributed by atoms with Crippen LogP contribution in [0, 0.1) is 17.8 Å². The second-order valence-electron chi connectivity index (χ2n) is 12.7. The van der Waals surface area contributed by atoms with E-state index in [1.165, 1.54) is 67.8 Å². The number of hydrogen-bond donors (Lipinski definition) is 0. The van der Waals surface area contributed by atoms with Gasteiger partial charge in [0, 0.05) is 5.92 Å². The Morgan fingerprint density at radius 2 is 1.41 bits per heavy atom. The van der Waals surface area contributed by atoms with Crippen molar-refractivity contribution in [3.05, 3.63) is 130 Å². The fourth-order valence-electron chi connectivity index (χ4n) is 8.26. The number of benzene rings is 4. The summed E-state index contributed by atoms with van der Waals surface area (Å²) in [7, 11) is 0. The predicted octanol–water partition coefficient (Wildman–Crippen LogP) is 12.9. The summed E-state index contributed by atoms with van der Waals surface area (Å²) in [6.45, 7) is 15.6. The summed E-state index contributed by atoms with van der Waals surface area (Å²) in [4.78, 5) is 0. The molecule has 44 heavy (non-hydrogen) atoms. The summed E-state index contributed by atoms with van der Waals surface area (Å²) in [6.07, 6.45) is 16.4. The van der Waals surface area contributed by atoms with Crippen LogP contribution in [0.2, 0.25) is 0 Å². The van der Waals surface area contributed by atoms with Crippen molar-refractivity contribution in [1.29, 1.82) is 0 Å². The van der Waals surface area contributed by atoms with E-state index in [1.54, 1.807) is 22.3 Å². The normalized spacial score (nSPS) is 21.1. The van der Waals surface area contributed by atoms with Gasteiger partial charge in [-0.1, -0.05) is 143 Å². The van der Waals surface area contributed by atoms with Crippen molar-refractivity contribution in [3.8, 4) is 11.1 Å². The molecule has 7 rings (SSSR count). The standard InChI is InChI=1S/C42H42.C2H6/c1-6-8-16-31-29(7-2)15-13-21-32(31)41-33-17-9-11-19-35(33)42(36-20-12-10-18-34(36)41)38-23-14-22-37-39(38)25-30-24-26(3)27(4)28(5)40(30)37;1-2/h8-23,26,37,39H,6-7,24-25H2,1-5H3;1-2H3/b16-8-;. The van der Waals surface area contributed by atoms with Crippen LogP contribution in [0.15, 0.2) is 113 Å². The van der Waals surface area contributed by atoms with E-state index in [2.05, 4.69) is 132 Å². The first-order valence-corrected chi connectivity index (χ1v) is 17.0. The van der Waals surface area contributed by atoms with E-state index in [4.69, 9.17) is 0 Å². The third-order valence-electron chi connectivity index (χ3n) is 10.5. The molecular formula is C44H48. The Morgan fingerprint density at radius 3 is 2.02 bits per heavy atom. The fourth-order valence-corrected chi connectivity index (χ4v) is 8.26. The highest BCUT2D eigenvalue weighted by molar-refractivity contribution is 6.19. The van der Waals surface area contributed by atoms with Crippen LogP contribution >= 0.6 is 0 Å². The van der Waals surface area contributed by atoms with Gasteiger partial charge in [0.05, 0.1) is 0 Å². The Kier molecular flexibility index (Phi) is 8.64. The van der Waals surface area contributed by atoms with Gasteiger partial charge in [0.15, 0.2) is 0 Å². The average Bonchev–Trinajstić information content (AvgIpc) is 3.44. The number of hydrogen-bond acceptors (Lipinski definition) is 0. The summed E-state index contributed by atoms with van der Waals surface area (Å²) < 4.78 is 0. The predicted molar refractivity (Wildman–Crippen MR) is 195 cm³/mol. The van der Waals surface area contributed by atoms with Gasteiger partial charge in [-0.25, -0.2) is 0 Å². The molecular weight excluding hydrogens is 528 g/mol. The van der Waals surface area contributed by atoms with Gasteiger partial charge >= 0.3 is 0 Å². The average molecular weight is 577 g/mol. The van der Waals surface area contributed by atoms with Crippen LogP contribution in [0.5, 0.6) is 0 Å². The van der Waals surface area contributed by atoms with Gasteiger partial charge in [-0.3, -0.25) is 0 Å². The van der Waals surface area contributed by atoms with Gasteiger partial charge in [0.1, 0.15) is 0 Å². The molecule has 4 aromatic rings. The van der Waals surface area contributed by atoms with E-state index < -0.39 is 0 Å². The summed E-state index contributed by atoms with van der Waals surface area (Å²) in [5, 5.41) is 5.46. The van der Waals surface area contributed by atoms with Crippen molar-refractivity contribution < 1.29 is 0 Å². The molecule has 0 spiro atoms. The first-order valence-electron chi connectivity index (χ1n) is 17.0. The first-order chi connectivity index (χ1) is 21.5. The van der Waals surface area contributed by atoms with Crippen LogP contribution in [0.3, 0.4) is 0 Å². The van der Waals surface area contributed by atoms with Gasteiger partial charge in [0.2, 0.25) is 0 Å². The summed E-state index contributed by atoms with van der Waals surface area (Å²) in [5.74, 6) is 1.62. The molecule has 0 amide bonds. The Labute approximate surface area is 265 Å². The number of aryl methyl sites for hydroxylation is 1. The number of rotatable bonds is 5. The molecule has 0 N–H and O–H groups in total. The highest BCUT2D eigenvalue weighted by atomic mass is 14.4. The van der Waals surface area contributed by atoms with Crippen LogP contribution in [-0.2, 0) is 6.42 Å². The maximum Gasteiger partial charge on any atom is 0.00953 e. The first kappa shape index (κ1) is 30.1. The van der Waals surface area contributed by atoms with Crippen LogP contribution < -0.4 is 0 Å². The SMILES string of the molecule is CC.CC/C=C\c1c(CC)cccc1-c1c2ccccc2c(C2=CC=CC3C4=C(CC(C)C(C)=C4C)CC23)c2ccccc12. The second kappa shape index (κ2) is 12.6. The maximum atomic E-state index is 2.49. The highest BCUT2D eigenvalue weighted by Crippen LogP contribution is 2.55. The Bertz CT molecular complexity index is 1830. The van der Waals surface area contributed by atoms with Crippen molar-refractivity contribution in [1.82, 2.24) is 0 Å². The fraction of sp³-hybridized carbons (Fsp3) is 0.318. The second-order valence-corrected chi connectivity index (χ2v) is 12.7. The lowest BCUT2D eigenvalue weighted by atomic mass is 9.74. The monoisotopic (exact) mass is 576 g/mol. The molecule has 4 aromatic carbocycles. The molecule has 0 heteroatoms. The zero-order chi connectivity index (χ0) is 31.0. The Morgan fingerprint density at radius 1 is 0.773 bits per heavy atom. The van der Waals surface area contributed by atoms with E-state index in [1.807, 2.05) is 13.8 Å². The lowest BCUT2D eigenvalue weighted by Gasteiger charge is -2.30. The minimum absolute atomic E-state index is 0.478. The van der Waals surface area contributed by atoms with Crippen molar-refractivity contribution in [2.24, 2.45) is 17.8 Å². The largest absolute Gasteiger partial charge is 0.0842 e. The third kappa shape index (κ3) is 4.84. The molecule has 0 bridgehead atoms. The van der Waals surface area contributed by atoms with E-state index in [0.717, 1.165) is 12.8 Å². The number of fused-ring (bicyclic) bond motifs is 4. The topological polar surface area (TPSA) is 0 Å². The molecule has 3 atom stereocenters. The molecule has 0 saturated carbocycles. The van der Waals surface area contributed by atoms with Crippen molar-refractivity contribution >= 4 is 33.2 Å². The molecule has 0 nitrogen and oxygen atoms in total. The van der Waals surface area contributed by atoms with Crippen LogP contribution in [0.1, 0.15) is 84.4 Å². The molecule has 3 aliphatic carbocycles. The van der Waals surface area contributed by atoms with Gasteiger partial charge in [-0.2, -0.15) is 0 Å². The van der Waals surface area contributed by atoms with Crippen molar-refractivity contribution in [2.75, 3.05) is 0 Å². The van der Waals surface area contributed by atoms with Gasteiger partial charge in [0.25, 0.3) is 0 Å². The zero-order valence-corrected chi connectivity index (χ0v) is 27.8. The van der Waals surface area contributed by atoms with Crippen LogP contribution in [0.25, 0.3) is 44.3 Å². The Hall–Kier alpha value is -3.90. The van der Waals surface area contributed by atoms with Crippen molar-refractivity contribution in [2.45, 2.75) is 74.1 Å². The van der Waals surface area contributed by atoms with Gasteiger partial charge < -0.3 is 0 Å². The molecule has 224 valence electrons. The minimum atomic E-state index is 0.478. The van der Waals surface area contributed by atoms with Gasteiger partial charge in [-0.05, 0) is 117 Å².